The van der Waals surface area contributed by atoms with Crippen molar-refractivity contribution in [2.75, 3.05) is 5.32 Å². The molecule has 1 heterocycles. The van der Waals surface area contributed by atoms with E-state index in [1.54, 1.807) is 12.3 Å². The molecule has 0 spiro atoms. The van der Waals surface area contributed by atoms with E-state index in [2.05, 4.69) is 15.3 Å². The van der Waals surface area contributed by atoms with E-state index in [1.807, 2.05) is 6.92 Å². The van der Waals surface area contributed by atoms with Crippen molar-refractivity contribution in [3.8, 4) is 0 Å². The average Bonchev–Trinajstić information content (AvgIpc) is 2.58. The van der Waals surface area contributed by atoms with Gasteiger partial charge >= 0.3 is 0 Å². The zero-order valence-corrected chi connectivity index (χ0v) is 9.18. The predicted octanol–water partition coefficient (Wildman–Crippen LogP) is 1.39. The largest absolute Gasteiger partial charge is 0.390 e. The van der Waals surface area contributed by atoms with Gasteiger partial charge in [-0.05, 0) is 18.4 Å². The molecule has 0 aromatic carbocycles. The predicted molar refractivity (Wildman–Crippen MR) is 58.7 cm³/mol. The number of aromatic nitrogens is 2. The maximum atomic E-state index is 13.7. The topological polar surface area (TPSA) is 58.0 Å². The van der Waals surface area contributed by atoms with Gasteiger partial charge in [0.1, 0.15) is 18.3 Å². The minimum Gasteiger partial charge on any atom is -0.390 e. The number of nitrogens with zero attached hydrogens (tertiary/aromatic N) is 2. The summed E-state index contributed by atoms with van der Waals surface area (Å²) in [5.41, 5.74) is 0. The van der Waals surface area contributed by atoms with Crippen LogP contribution in [0.1, 0.15) is 19.8 Å². The lowest BCUT2D eigenvalue weighted by molar-refractivity contribution is 0.0658. The molecule has 0 radical (unpaired) electrons. The third kappa shape index (κ3) is 2.14. The highest BCUT2D eigenvalue weighted by molar-refractivity contribution is 5.34. The molecule has 1 fully saturated rings. The van der Waals surface area contributed by atoms with Crippen LogP contribution in [0.25, 0.3) is 0 Å². The van der Waals surface area contributed by atoms with Crippen LogP contribution in [-0.2, 0) is 0 Å². The molecule has 1 aromatic rings. The normalized spacial score (nSPS) is 33.9. The average molecular weight is 225 g/mol. The molecule has 0 unspecified atom stereocenters. The van der Waals surface area contributed by atoms with Gasteiger partial charge in [0, 0.05) is 6.20 Å². The second-order valence-electron chi connectivity index (χ2n) is 4.18. The Morgan fingerprint density at radius 2 is 2.44 bits per heavy atom. The summed E-state index contributed by atoms with van der Waals surface area (Å²) in [5, 5.41) is 12.7. The number of nitrogens with one attached hydrogen (secondary N) is 1. The highest BCUT2D eigenvalue weighted by atomic mass is 19.1. The van der Waals surface area contributed by atoms with E-state index in [1.165, 1.54) is 6.33 Å². The number of anilines is 1. The van der Waals surface area contributed by atoms with Crippen molar-refractivity contribution in [3.05, 3.63) is 18.6 Å². The second-order valence-corrected chi connectivity index (χ2v) is 4.18. The standard InChI is InChI=1S/C11H16FN3O/c1-2-7-5-8(10(12)11(7)16)15-9-3-4-13-6-14-9/h3-4,6-8,10-11,16H,2,5H2,1H3,(H,13,14,15)/t7-,8+,10+,11+/m0/s1. The van der Waals surface area contributed by atoms with Crippen molar-refractivity contribution < 1.29 is 9.50 Å². The molecule has 1 aliphatic carbocycles. The Balaban J connectivity index is 2.01. The molecule has 0 aliphatic heterocycles. The summed E-state index contributed by atoms with van der Waals surface area (Å²) in [7, 11) is 0. The van der Waals surface area contributed by atoms with Crippen LogP contribution >= 0.6 is 0 Å². The fourth-order valence-electron chi connectivity index (χ4n) is 2.21. The van der Waals surface area contributed by atoms with Gasteiger partial charge in [-0.2, -0.15) is 0 Å². The summed E-state index contributed by atoms with van der Waals surface area (Å²) in [6.07, 6.45) is 2.37. The van der Waals surface area contributed by atoms with Crippen LogP contribution in [0.4, 0.5) is 10.2 Å². The van der Waals surface area contributed by atoms with Crippen molar-refractivity contribution >= 4 is 5.82 Å². The van der Waals surface area contributed by atoms with Crippen molar-refractivity contribution in [2.24, 2.45) is 5.92 Å². The second kappa shape index (κ2) is 4.74. The van der Waals surface area contributed by atoms with Gasteiger partial charge in [0.2, 0.25) is 0 Å². The molecule has 1 saturated carbocycles. The lowest BCUT2D eigenvalue weighted by atomic mass is 10.0. The number of aliphatic hydroxyl groups excluding tert-OH is 1. The molecule has 4 nitrogen and oxygen atoms in total. The van der Waals surface area contributed by atoms with E-state index >= 15 is 0 Å². The van der Waals surface area contributed by atoms with Crippen molar-refractivity contribution in [1.29, 1.82) is 0 Å². The highest BCUT2D eigenvalue weighted by Gasteiger charge is 2.41. The van der Waals surface area contributed by atoms with Crippen LogP contribution in [0.15, 0.2) is 18.6 Å². The zero-order valence-electron chi connectivity index (χ0n) is 9.18. The number of alkyl halides is 1. The van der Waals surface area contributed by atoms with Crippen LogP contribution in [0.5, 0.6) is 0 Å². The van der Waals surface area contributed by atoms with Crippen LogP contribution in [-0.4, -0.2) is 33.4 Å². The Morgan fingerprint density at radius 1 is 1.62 bits per heavy atom. The maximum absolute atomic E-state index is 13.7. The van der Waals surface area contributed by atoms with E-state index in [0.717, 1.165) is 6.42 Å². The first-order chi connectivity index (χ1) is 7.72. The molecule has 0 bridgehead atoms. The first kappa shape index (κ1) is 11.3. The first-order valence-electron chi connectivity index (χ1n) is 5.57. The summed E-state index contributed by atoms with van der Waals surface area (Å²) in [5.74, 6) is 0.640. The molecule has 0 saturated heterocycles. The molecular formula is C11H16FN3O. The SMILES string of the molecule is CC[C@H]1C[C@@H](Nc2ccncn2)[C@@H](F)[C@@H]1O. The summed E-state index contributed by atoms with van der Waals surface area (Å²) < 4.78 is 13.7. The number of aliphatic hydroxyl groups is 1. The number of hydrogen-bond donors (Lipinski definition) is 2. The van der Waals surface area contributed by atoms with Gasteiger partial charge in [-0.3, -0.25) is 0 Å². The molecule has 5 heteroatoms. The van der Waals surface area contributed by atoms with Gasteiger partial charge in [-0.25, -0.2) is 14.4 Å². The van der Waals surface area contributed by atoms with Gasteiger partial charge in [0.15, 0.2) is 0 Å². The van der Waals surface area contributed by atoms with E-state index in [4.69, 9.17) is 0 Å². The summed E-state index contributed by atoms with van der Waals surface area (Å²) in [6.45, 7) is 1.97. The van der Waals surface area contributed by atoms with Gasteiger partial charge in [-0.1, -0.05) is 13.3 Å². The molecule has 16 heavy (non-hydrogen) atoms. The lowest BCUT2D eigenvalue weighted by Gasteiger charge is -2.16. The Labute approximate surface area is 93.9 Å². The van der Waals surface area contributed by atoms with E-state index < -0.39 is 12.3 Å². The minimum atomic E-state index is -1.22. The van der Waals surface area contributed by atoms with Crippen molar-refractivity contribution in [1.82, 2.24) is 9.97 Å². The minimum absolute atomic E-state index is 0.0364. The molecule has 2 rings (SSSR count). The van der Waals surface area contributed by atoms with E-state index in [0.29, 0.717) is 12.2 Å². The third-order valence-corrected chi connectivity index (χ3v) is 3.19. The third-order valence-electron chi connectivity index (χ3n) is 3.19. The van der Waals surface area contributed by atoms with Crippen LogP contribution in [0.3, 0.4) is 0 Å². The molecule has 2 N–H and O–H groups in total. The van der Waals surface area contributed by atoms with Crippen molar-refractivity contribution in [2.45, 2.75) is 38.1 Å². The fraction of sp³-hybridized carbons (Fsp3) is 0.636. The summed E-state index contributed by atoms with van der Waals surface area (Å²) in [6, 6.07) is 1.34. The van der Waals surface area contributed by atoms with E-state index in [9.17, 15) is 9.50 Å². The Kier molecular flexibility index (Phi) is 3.33. The number of halogens is 1. The number of hydrogen-bond acceptors (Lipinski definition) is 4. The van der Waals surface area contributed by atoms with Gasteiger partial charge in [0.25, 0.3) is 0 Å². The maximum Gasteiger partial charge on any atom is 0.146 e. The Morgan fingerprint density at radius 3 is 3.00 bits per heavy atom. The number of rotatable bonds is 3. The molecule has 1 aromatic heterocycles. The molecule has 4 atom stereocenters. The first-order valence-corrected chi connectivity index (χ1v) is 5.57. The fourth-order valence-corrected chi connectivity index (χ4v) is 2.21. The van der Waals surface area contributed by atoms with Gasteiger partial charge < -0.3 is 10.4 Å². The smallest absolute Gasteiger partial charge is 0.146 e. The van der Waals surface area contributed by atoms with Crippen LogP contribution in [0.2, 0.25) is 0 Å². The van der Waals surface area contributed by atoms with Crippen LogP contribution < -0.4 is 5.32 Å². The summed E-state index contributed by atoms with van der Waals surface area (Å²) >= 11 is 0. The lowest BCUT2D eigenvalue weighted by Crippen LogP contribution is -2.31. The molecule has 1 aliphatic rings. The molecular weight excluding hydrogens is 209 g/mol. The Hall–Kier alpha value is -1.23. The highest BCUT2D eigenvalue weighted by Crippen LogP contribution is 2.32. The quantitative estimate of drug-likeness (QED) is 0.816. The molecule has 88 valence electrons. The van der Waals surface area contributed by atoms with E-state index in [-0.39, 0.29) is 12.0 Å². The van der Waals surface area contributed by atoms with Crippen molar-refractivity contribution in [3.63, 3.8) is 0 Å². The zero-order chi connectivity index (χ0) is 11.5. The monoisotopic (exact) mass is 225 g/mol. The summed E-state index contributed by atoms with van der Waals surface area (Å²) in [4.78, 5) is 7.77. The van der Waals surface area contributed by atoms with Gasteiger partial charge in [-0.15, -0.1) is 0 Å². The molecule has 0 amide bonds. The van der Waals surface area contributed by atoms with Crippen LogP contribution in [0, 0.1) is 5.92 Å². The Bertz CT molecular complexity index is 335. The van der Waals surface area contributed by atoms with Gasteiger partial charge in [0.05, 0.1) is 12.1 Å².